The molecule has 0 unspecified atom stereocenters. The Labute approximate surface area is 174 Å². The second-order valence-corrected chi connectivity index (χ2v) is 11.1. The zero-order valence-electron chi connectivity index (χ0n) is 17.1. The second kappa shape index (κ2) is 7.85. The van der Waals surface area contributed by atoms with Gasteiger partial charge in [-0.15, -0.1) is 5.75 Å². The summed E-state index contributed by atoms with van der Waals surface area (Å²) in [5.74, 6) is 0.0539. The molecule has 1 nitrogen and oxygen atoms in total. The third-order valence-electron chi connectivity index (χ3n) is 5.47. The minimum absolute atomic E-state index is 0.0539. The van der Waals surface area contributed by atoms with Gasteiger partial charge >= 0.3 is 0 Å². The first-order chi connectivity index (χ1) is 14.0. The van der Waals surface area contributed by atoms with Gasteiger partial charge < -0.3 is 5.11 Å². The van der Waals surface area contributed by atoms with Gasteiger partial charge in [-0.2, -0.15) is 0 Å². The molecule has 0 aliphatic rings. The lowest BCUT2D eigenvalue weighted by Gasteiger charge is -2.28. The van der Waals surface area contributed by atoms with Gasteiger partial charge in [0.15, 0.2) is 0 Å². The summed E-state index contributed by atoms with van der Waals surface area (Å²) < 4.78 is 0. The summed E-state index contributed by atoms with van der Waals surface area (Å²) in [6, 6.07) is 33.9. The van der Waals surface area contributed by atoms with Crippen LogP contribution in [0.5, 0.6) is 5.75 Å². The van der Waals surface area contributed by atoms with E-state index in [0.29, 0.717) is 0 Å². The van der Waals surface area contributed by atoms with Crippen molar-refractivity contribution in [3.05, 3.63) is 114 Å². The van der Waals surface area contributed by atoms with E-state index in [0.717, 1.165) is 5.30 Å². The Balaban J connectivity index is 2.13. The largest absolute Gasteiger partial charge is 0.872 e. The van der Waals surface area contributed by atoms with Gasteiger partial charge in [0.25, 0.3) is 0 Å². The highest BCUT2D eigenvalue weighted by Crippen LogP contribution is 2.54. The summed E-state index contributed by atoms with van der Waals surface area (Å²) in [4.78, 5) is 0. The highest BCUT2D eigenvalue weighted by Gasteiger charge is 2.47. The van der Waals surface area contributed by atoms with Gasteiger partial charge in [0, 0.05) is 0 Å². The molecule has 4 rings (SSSR count). The molecule has 0 atom stereocenters. The molecule has 0 saturated heterocycles. The topological polar surface area (TPSA) is 23.1 Å². The zero-order valence-corrected chi connectivity index (χ0v) is 18.0. The average molecular weight is 396 g/mol. The molecule has 0 aliphatic heterocycles. The van der Waals surface area contributed by atoms with E-state index < -0.39 is 7.26 Å². The summed E-state index contributed by atoms with van der Waals surface area (Å²) in [6.45, 7) is 6.33. The van der Waals surface area contributed by atoms with E-state index in [9.17, 15) is 5.11 Å². The van der Waals surface area contributed by atoms with Gasteiger partial charge in [0.2, 0.25) is 0 Å². The monoisotopic (exact) mass is 396 g/mol. The smallest absolute Gasteiger partial charge is 0.144 e. The molecule has 0 saturated carbocycles. The van der Waals surface area contributed by atoms with Crippen LogP contribution >= 0.6 is 7.26 Å². The Kier molecular flexibility index (Phi) is 5.26. The summed E-state index contributed by atoms with van der Waals surface area (Å²) >= 11 is 0. The lowest BCUT2D eigenvalue weighted by atomic mass is 10.2. The number of aryl methyl sites for hydroxylation is 3. The Morgan fingerprint density at radius 2 is 0.862 bits per heavy atom. The molecule has 4 aromatic carbocycles. The van der Waals surface area contributed by atoms with Crippen molar-refractivity contribution in [1.29, 1.82) is 0 Å². The molecule has 0 heterocycles. The molecule has 4 aromatic rings. The van der Waals surface area contributed by atoms with Crippen molar-refractivity contribution in [2.75, 3.05) is 0 Å². The van der Waals surface area contributed by atoms with Crippen LogP contribution in [0.1, 0.15) is 16.7 Å². The highest BCUT2D eigenvalue weighted by molar-refractivity contribution is 8.01. The van der Waals surface area contributed by atoms with Crippen LogP contribution in [0.3, 0.4) is 0 Å². The quantitative estimate of drug-likeness (QED) is 0.472. The fourth-order valence-corrected chi connectivity index (χ4v) is 8.10. The Morgan fingerprint density at radius 1 is 0.483 bits per heavy atom. The first-order valence-corrected chi connectivity index (χ1v) is 11.7. The maximum Gasteiger partial charge on any atom is 0.144 e. The zero-order chi connectivity index (χ0) is 20.4. The molecule has 0 aromatic heterocycles. The fourth-order valence-electron chi connectivity index (χ4n) is 3.89. The molecule has 2 heteroatoms. The Bertz CT molecular complexity index is 1000. The normalized spacial score (nSPS) is 11.4. The van der Waals surface area contributed by atoms with E-state index in [2.05, 4.69) is 99.6 Å². The summed E-state index contributed by atoms with van der Waals surface area (Å²) in [5.41, 5.74) is 3.70. The van der Waals surface area contributed by atoms with Crippen molar-refractivity contribution >= 4 is 28.5 Å². The van der Waals surface area contributed by atoms with Crippen LogP contribution in [0.15, 0.2) is 97.1 Å². The first-order valence-electron chi connectivity index (χ1n) is 9.88. The van der Waals surface area contributed by atoms with Crippen molar-refractivity contribution in [2.45, 2.75) is 20.8 Å². The summed E-state index contributed by atoms with van der Waals surface area (Å²) in [5, 5.41) is 17.3. The van der Waals surface area contributed by atoms with Crippen LogP contribution in [0.2, 0.25) is 0 Å². The molecule has 144 valence electrons. The van der Waals surface area contributed by atoms with Gasteiger partial charge in [-0.25, -0.2) is 0 Å². The van der Waals surface area contributed by atoms with Crippen molar-refractivity contribution in [3.63, 3.8) is 0 Å². The number of benzene rings is 4. The summed E-state index contributed by atoms with van der Waals surface area (Å²) in [6.07, 6.45) is 0. The van der Waals surface area contributed by atoms with E-state index in [-0.39, 0.29) is 5.75 Å². The molecular formula is C27H25OP. The van der Waals surface area contributed by atoms with Crippen molar-refractivity contribution < 1.29 is 5.11 Å². The molecule has 0 radical (unpaired) electrons. The third-order valence-corrected chi connectivity index (χ3v) is 9.74. The van der Waals surface area contributed by atoms with Crippen LogP contribution < -0.4 is 26.3 Å². The minimum atomic E-state index is -2.19. The van der Waals surface area contributed by atoms with Crippen LogP contribution in [0.4, 0.5) is 0 Å². The van der Waals surface area contributed by atoms with Gasteiger partial charge in [-0.3, -0.25) is 0 Å². The minimum Gasteiger partial charge on any atom is -0.872 e. The molecular weight excluding hydrogens is 371 g/mol. The lowest BCUT2D eigenvalue weighted by Crippen LogP contribution is -2.38. The Hall–Kier alpha value is -2.89. The van der Waals surface area contributed by atoms with E-state index in [1.165, 1.54) is 32.6 Å². The molecule has 0 spiro atoms. The molecule has 0 bridgehead atoms. The Morgan fingerprint density at radius 3 is 1.21 bits per heavy atom. The summed E-state index contributed by atoms with van der Waals surface area (Å²) in [7, 11) is -2.19. The maximum absolute atomic E-state index is 12.4. The van der Waals surface area contributed by atoms with E-state index in [1.54, 1.807) is 6.07 Å². The highest BCUT2D eigenvalue weighted by atomic mass is 31.2. The molecule has 0 fully saturated rings. The predicted molar refractivity (Wildman–Crippen MR) is 125 cm³/mol. The lowest BCUT2D eigenvalue weighted by molar-refractivity contribution is -0.268. The van der Waals surface area contributed by atoms with Crippen molar-refractivity contribution in [3.8, 4) is 5.75 Å². The third kappa shape index (κ3) is 3.59. The van der Waals surface area contributed by atoms with Crippen LogP contribution in [0, 0.1) is 20.8 Å². The maximum atomic E-state index is 12.4. The van der Waals surface area contributed by atoms with Gasteiger partial charge in [-0.1, -0.05) is 65.2 Å². The van der Waals surface area contributed by atoms with Gasteiger partial charge in [-0.05, 0) is 69.3 Å². The molecule has 0 N–H and O–H groups in total. The van der Waals surface area contributed by atoms with Gasteiger partial charge in [0.05, 0.1) is 0 Å². The molecule has 0 amide bonds. The van der Waals surface area contributed by atoms with Crippen molar-refractivity contribution in [2.24, 2.45) is 0 Å². The van der Waals surface area contributed by atoms with Crippen LogP contribution in [-0.4, -0.2) is 0 Å². The number of hydrogen-bond donors (Lipinski definition) is 0. The standard InChI is InChI=1S/C27H25OP/c1-20-7-13-24(14-8-20)29(25-15-9-21(2)10-16-25,26-17-11-22(3)12-18-26)27-6-4-5-23(28)19-27/h4-19H,1-3H3. The average Bonchev–Trinajstić information content (AvgIpc) is 2.72. The SMILES string of the molecule is Cc1ccc([P+](c2ccc(C)cc2)(c2ccc(C)cc2)c2cccc([O-])c2)cc1. The van der Waals surface area contributed by atoms with Crippen LogP contribution in [-0.2, 0) is 0 Å². The van der Waals surface area contributed by atoms with Crippen LogP contribution in [0.25, 0.3) is 0 Å². The van der Waals surface area contributed by atoms with Crippen molar-refractivity contribution in [1.82, 2.24) is 0 Å². The molecule has 0 aliphatic carbocycles. The first kappa shape index (κ1) is 19.4. The van der Waals surface area contributed by atoms with E-state index >= 15 is 0 Å². The number of hydrogen-bond acceptors (Lipinski definition) is 1. The predicted octanol–water partition coefficient (Wildman–Crippen LogP) is 4.30. The fraction of sp³-hybridized carbons (Fsp3) is 0.111. The van der Waals surface area contributed by atoms with Gasteiger partial charge in [0.1, 0.15) is 28.5 Å². The van der Waals surface area contributed by atoms with E-state index in [1.807, 2.05) is 12.1 Å². The number of rotatable bonds is 4. The van der Waals surface area contributed by atoms with E-state index in [4.69, 9.17) is 0 Å². The molecule has 29 heavy (non-hydrogen) atoms. The second-order valence-electron chi connectivity index (χ2n) is 7.67.